The standard InChI is InChI=1S/C13H27N/c1-5-6-9-13(2,3)12-7-10-14(4)11-8-12/h12H,5-11H2,1-4H3. The third-order valence-corrected chi connectivity index (χ3v) is 4.00. The lowest BCUT2D eigenvalue weighted by Gasteiger charge is -2.39. The monoisotopic (exact) mass is 197 g/mol. The molecule has 0 aromatic rings. The van der Waals surface area contributed by atoms with Gasteiger partial charge in [-0.05, 0) is 50.7 Å². The van der Waals surface area contributed by atoms with Gasteiger partial charge < -0.3 is 4.90 Å². The van der Waals surface area contributed by atoms with Gasteiger partial charge >= 0.3 is 0 Å². The summed E-state index contributed by atoms with van der Waals surface area (Å²) in [5, 5.41) is 0. The summed E-state index contributed by atoms with van der Waals surface area (Å²) in [4.78, 5) is 2.46. The second kappa shape index (κ2) is 5.16. The largest absolute Gasteiger partial charge is 0.306 e. The molecule has 0 aliphatic carbocycles. The molecule has 0 aromatic carbocycles. The molecule has 0 saturated carbocycles. The topological polar surface area (TPSA) is 3.24 Å². The Bertz CT molecular complexity index is 155. The molecule has 0 atom stereocenters. The highest BCUT2D eigenvalue weighted by Crippen LogP contribution is 2.38. The van der Waals surface area contributed by atoms with Gasteiger partial charge in [0.05, 0.1) is 0 Å². The summed E-state index contributed by atoms with van der Waals surface area (Å²) in [5.74, 6) is 0.963. The number of hydrogen-bond donors (Lipinski definition) is 0. The van der Waals surface area contributed by atoms with Gasteiger partial charge in [-0.2, -0.15) is 0 Å². The van der Waals surface area contributed by atoms with Gasteiger partial charge in [-0.1, -0.05) is 33.6 Å². The molecule has 0 radical (unpaired) electrons. The Morgan fingerprint density at radius 1 is 1.21 bits per heavy atom. The maximum atomic E-state index is 2.47. The Hall–Kier alpha value is -0.0400. The van der Waals surface area contributed by atoms with Crippen molar-refractivity contribution in [2.45, 2.75) is 52.9 Å². The van der Waals surface area contributed by atoms with Crippen molar-refractivity contribution in [1.82, 2.24) is 4.90 Å². The molecule has 0 bridgehead atoms. The van der Waals surface area contributed by atoms with Crippen LogP contribution in [0.5, 0.6) is 0 Å². The highest BCUT2D eigenvalue weighted by Gasteiger charge is 2.30. The third kappa shape index (κ3) is 3.27. The Morgan fingerprint density at radius 2 is 1.79 bits per heavy atom. The van der Waals surface area contributed by atoms with Gasteiger partial charge in [0.15, 0.2) is 0 Å². The van der Waals surface area contributed by atoms with E-state index in [9.17, 15) is 0 Å². The minimum atomic E-state index is 0.581. The van der Waals surface area contributed by atoms with Crippen molar-refractivity contribution in [2.75, 3.05) is 20.1 Å². The van der Waals surface area contributed by atoms with Gasteiger partial charge in [-0.15, -0.1) is 0 Å². The minimum Gasteiger partial charge on any atom is -0.306 e. The van der Waals surface area contributed by atoms with Crippen LogP contribution in [-0.4, -0.2) is 25.0 Å². The summed E-state index contributed by atoms with van der Waals surface area (Å²) in [7, 11) is 2.25. The van der Waals surface area contributed by atoms with Crippen molar-refractivity contribution >= 4 is 0 Å². The van der Waals surface area contributed by atoms with Crippen LogP contribution in [0.15, 0.2) is 0 Å². The zero-order chi connectivity index (χ0) is 10.6. The van der Waals surface area contributed by atoms with E-state index in [4.69, 9.17) is 0 Å². The molecule has 0 aromatic heterocycles. The molecule has 1 aliphatic rings. The third-order valence-electron chi connectivity index (χ3n) is 4.00. The van der Waals surface area contributed by atoms with Gasteiger partial charge in [0, 0.05) is 0 Å². The van der Waals surface area contributed by atoms with Crippen molar-refractivity contribution in [1.29, 1.82) is 0 Å². The lowest BCUT2D eigenvalue weighted by molar-refractivity contribution is 0.105. The van der Waals surface area contributed by atoms with E-state index in [0.29, 0.717) is 5.41 Å². The van der Waals surface area contributed by atoms with Crippen LogP contribution in [-0.2, 0) is 0 Å². The molecular formula is C13H27N. The lowest BCUT2D eigenvalue weighted by atomic mass is 9.71. The summed E-state index contributed by atoms with van der Waals surface area (Å²) >= 11 is 0. The Kier molecular flexibility index (Phi) is 4.43. The molecular weight excluding hydrogens is 170 g/mol. The zero-order valence-corrected chi connectivity index (χ0v) is 10.5. The molecule has 1 nitrogen and oxygen atoms in total. The first-order valence-corrected chi connectivity index (χ1v) is 6.25. The minimum absolute atomic E-state index is 0.581. The summed E-state index contributed by atoms with van der Waals surface area (Å²) in [6.07, 6.45) is 6.98. The molecule has 84 valence electrons. The first kappa shape index (κ1) is 12.0. The van der Waals surface area contributed by atoms with Gasteiger partial charge in [0.2, 0.25) is 0 Å². The van der Waals surface area contributed by atoms with Crippen molar-refractivity contribution < 1.29 is 0 Å². The predicted molar refractivity (Wildman–Crippen MR) is 63.5 cm³/mol. The van der Waals surface area contributed by atoms with Crippen LogP contribution in [0.3, 0.4) is 0 Å². The van der Waals surface area contributed by atoms with Crippen molar-refractivity contribution in [3.05, 3.63) is 0 Å². The fraction of sp³-hybridized carbons (Fsp3) is 1.00. The molecule has 14 heavy (non-hydrogen) atoms. The molecule has 0 amide bonds. The molecule has 0 N–H and O–H groups in total. The highest BCUT2D eigenvalue weighted by atomic mass is 15.1. The first-order valence-electron chi connectivity index (χ1n) is 6.25. The SMILES string of the molecule is CCCCC(C)(C)C1CCN(C)CC1. The van der Waals surface area contributed by atoms with Crippen LogP contribution >= 0.6 is 0 Å². The smallest absolute Gasteiger partial charge is 0.00189 e. The van der Waals surface area contributed by atoms with Crippen molar-refractivity contribution in [3.63, 3.8) is 0 Å². The number of unbranched alkanes of at least 4 members (excludes halogenated alkanes) is 1. The van der Waals surface area contributed by atoms with Gasteiger partial charge in [-0.25, -0.2) is 0 Å². The van der Waals surface area contributed by atoms with Crippen molar-refractivity contribution in [2.24, 2.45) is 11.3 Å². The van der Waals surface area contributed by atoms with Crippen molar-refractivity contribution in [3.8, 4) is 0 Å². The van der Waals surface area contributed by atoms with Crippen LogP contribution in [0.2, 0.25) is 0 Å². The average Bonchev–Trinajstić information content (AvgIpc) is 2.16. The normalized spacial score (nSPS) is 21.4. The Labute approximate surface area is 89.9 Å². The fourth-order valence-electron chi connectivity index (χ4n) is 2.63. The maximum absolute atomic E-state index is 2.47. The van der Waals surface area contributed by atoms with E-state index in [1.165, 1.54) is 45.2 Å². The highest BCUT2D eigenvalue weighted by molar-refractivity contribution is 4.82. The molecule has 1 heteroatoms. The molecule has 0 unspecified atom stereocenters. The Balaban J connectivity index is 2.38. The Morgan fingerprint density at radius 3 is 2.29 bits per heavy atom. The lowest BCUT2D eigenvalue weighted by Crippen LogP contribution is -2.36. The number of piperidine rings is 1. The van der Waals surface area contributed by atoms with Crippen LogP contribution in [0.25, 0.3) is 0 Å². The quantitative estimate of drug-likeness (QED) is 0.666. The number of rotatable bonds is 4. The van der Waals surface area contributed by atoms with E-state index < -0.39 is 0 Å². The molecule has 1 saturated heterocycles. The second-order valence-electron chi connectivity index (χ2n) is 5.67. The fourth-order valence-corrected chi connectivity index (χ4v) is 2.63. The van der Waals surface area contributed by atoms with Crippen LogP contribution in [0.4, 0.5) is 0 Å². The van der Waals surface area contributed by atoms with E-state index >= 15 is 0 Å². The van der Waals surface area contributed by atoms with Gasteiger partial charge in [-0.3, -0.25) is 0 Å². The molecule has 1 aliphatic heterocycles. The number of nitrogens with zero attached hydrogens (tertiary/aromatic N) is 1. The summed E-state index contributed by atoms with van der Waals surface area (Å²) in [6, 6.07) is 0. The zero-order valence-electron chi connectivity index (χ0n) is 10.5. The van der Waals surface area contributed by atoms with E-state index in [0.717, 1.165) is 5.92 Å². The van der Waals surface area contributed by atoms with Gasteiger partial charge in [0.25, 0.3) is 0 Å². The molecule has 1 rings (SSSR count). The molecule has 1 fully saturated rings. The average molecular weight is 197 g/mol. The van der Waals surface area contributed by atoms with Crippen LogP contribution < -0.4 is 0 Å². The van der Waals surface area contributed by atoms with E-state index in [1.807, 2.05) is 0 Å². The second-order valence-corrected chi connectivity index (χ2v) is 5.67. The van der Waals surface area contributed by atoms with E-state index in [2.05, 4.69) is 32.7 Å². The predicted octanol–water partition coefficient (Wildman–Crippen LogP) is 3.54. The molecule has 0 spiro atoms. The maximum Gasteiger partial charge on any atom is -0.00189 e. The van der Waals surface area contributed by atoms with Crippen LogP contribution in [0, 0.1) is 11.3 Å². The van der Waals surface area contributed by atoms with E-state index in [-0.39, 0.29) is 0 Å². The van der Waals surface area contributed by atoms with Gasteiger partial charge in [0.1, 0.15) is 0 Å². The molecule has 1 heterocycles. The van der Waals surface area contributed by atoms with Crippen LogP contribution in [0.1, 0.15) is 52.9 Å². The van der Waals surface area contributed by atoms with E-state index in [1.54, 1.807) is 0 Å². The summed E-state index contributed by atoms with van der Waals surface area (Å²) < 4.78 is 0. The summed E-state index contributed by atoms with van der Waals surface area (Å²) in [6.45, 7) is 9.85. The number of likely N-dealkylation sites (tertiary alicyclic amines) is 1. The first-order chi connectivity index (χ1) is 6.56. The summed E-state index contributed by atoms with van der Waals surface area (Å²) in [5.41, 5.74) is 0.581. The number of hydrogen-bond acceptors (Lipinski definition) is 1.